The zero-order valence-electron chi connectivity index (χ0n) is 12.5. The molecule has 2 heterocycles. The molecule has 21 heavy (non-hydrogen) atoms. The van der Waals surface area contributed by atoms with Gasteiger partial charge in [0.1, 0.15) is 5.82 Å². The van der Waals surface area contributed by atoms with Gasteiger partial charge in [0.15, 0.2) is 0 Å². The van der Waals surface area contributed by atoms with Crippen LogP contribution >= 0.6 is 11.8 Å². The Morgan fingerprint density at radius 1 is 1.19 bits per heavy atom. The second-order valence-electron chi connectivity index (χ2n) is 4.62. The smallest absolute Gasteiger partial charge is 0.322 e. The fraction of sp³-hybridized carbons (Fsp3) is 0.583. The summed E-state index contributed by atoms with van der Waals surface area (Å²) in [6.45, 7) is 8.55. The summed E-state index contributed by atoms with van der Waals surface area (Å²) in [4.78, 5) is 17.1. The highest BCUT2D eigenvalue weighted by Gasteiger charge is 2.12. The molecule has 0 aliphatic rings. The van der Waals surface area contributed by atoms with Crippen LogP contribution in [0.15, 0.2) is 10.3 Å². The van der Waals surface area contributed by atoms with Crippen LogP contribution in [0.5, 0.6) is 6.01 Å². The molecule has 0 amide bonds. The van der Waals surface area contributed by atoms with Crippen LogP contribution in [0.1, 0.15) is 33.0 Å². The van der Waals surface area contributed by atoms with Gasteiger partial charge in [0.05, 0.1) is 6.10 Å². The molecular weight excluding hydrogens is 290 g/mol. The Morgan fingerprint density at radius 2 is 2.00 bits per heavy atom. The Morgan fingerprint density at radius 3 is 2.62 bits per heavy atom. The second-order valence-corrected chi connectivity index (χ2v) is 5.56. The van der Waals surface area contributed by atoms with E-state index in [-0.39, 0.29) is 6.10 Å². The van der Waals surface area contributed by atoms with Crippen molar-refractivity contribution in [1.29, 1.82) is 0 Å². The van der Waals surface area contributed by atoms with Gasteiger partial charge in [-0.1, -0.05) is 6.92 Å². The zero-order chi connectivity index (χ0) is 15.2. The van der Waals surface area contributed by atoms with Crippen molar-refractivity contribution in [2.75, 3.05) is 11.9 Å². The van der Waals surface area contributed by atoms with Crippen molar-refractivity contribution in [2.45, 2.75) is 50.5 Å². The van der Waals surface area contributed by atoms with E-state index in [4.69, 9.17) is 4.74 Å². The molecule has 0 aliphatic heterocycles. The summed E-state index contributed by atoms with van der Waals surface area (Å²) in [7, 11) is 0. The van der Waals surface area contributed by atoms with Gasteiger partial charge < -0.3 is 10.1 Å². The van der Waals surface area contributed by atoms with Gasteiger partial charge in [0.2, 0.25) is 16.3 Å². The third kappa shape index (κ3) is 4.85. The van der Waals surface area contributed by atoms with Crippen molar-refractivity contribution in [3.8, 4) is 6.01 Å². The Labute approximate surface area is 127 Å². The lowest BCUT2D eigenvalue weighted by molar-refractivity contribution is 0.219. The Hall–Kier alpha value is -1.90. The summed E-state index contributed by atoms with van der Waals surface area (Å²) in [5.41, 5.74) is 0. The number of nitrogens with zero attached hydrogens (tertiary/aromatic N) is 5. The summed E-state index contributed by atoms with van der Waals surface area (Å²) < 4.78 is 5.55. The SMILES string of the molecule is CCCNc1nc(OC(C)C)nc(Sc2n[nH]c(C)n2)n1. The first-order valence-corrected chi connectivity index (χ1v) is 7.62. The van der Waals surface area contributed by atoms with E-state index in [1.54, 1.807) is 0 Å². The molecule has 9 heteroatoms. The van der Waals surface area contributed by atoms with Crippen molar-refractivity contribution >= 4 is 17.7 Å². The highest BCUT2D eigenvalue weighted by Crippen LogP contribution is 2.23. The van der Waals surface area contributed by atoms with Crippen LogP contribution in [0, 0.1) is 6.92 Å². The first-order chi connectivity index (χ1) is 10.1. The molecule has 2 N–H and O–H groups in total. The molecule has 8 nitrogen and oxygen atoms in total. The quantitative estimate of drug-likeness (QED) is 0.801. The summed E-state index contributed by atoms with van der Waals surface area (Å²) in [5, 5.41) is 11.0. The van der Waals surface area contributed by atoms with Crippen molar-refractivity contribution in [2.24, 2.45) is 0 Å². The second kappa shape index (κ2) is 7.21. The normalized spacial score (nSPS) is 10.9. The summed E-state index contributed by atoms with van der Waals surface area (Å²) in [5.74, 6) is 1.24. The van der Waals surface area contributed by atoms with Crippen molar-refractivity contribution in [3.63, 3.8) is 0 Å². The predicted molar refractivity (Wildman–Crippen MR) is 79.6 cm³/mol. The van der Waals surface area contributed by atoms with Crippen LogP contribution in [0.4, 0.5) is 5.95 Å². The minimum Gasteiger partial charge on any atom is -0.461 e. The van der Waals surface area contributed by atoms with Crippen LogP contribution in [0.2, 0.25) is 0 Å². The number of anilines is 1. The topological polar surface area (TPSA) is 102 Å². The molecule has 2 aromatic rings. The fourth-order valence-electron chi connectivity index (χ4n) is 1.41. The molecule has 0 saturated carbocycles. The monoisotopic (exact) mass is 309 g/mol. The third-order valence-electron chi connectivity index (χ3n) is 2.23. The summed E-state index contributed by atoms with van der Waals surface area (Å²) >= 11 is 1.26. The van der Waals surface area contributed by atoms with Gasteiger partial charge >= 0.3 is 6.01 Å². The van der Waals surface area contributed by atoms with Gasteiger partial charge in [-0.05, 0) is 39.0 Å². The van der Waals surface area contributed by atoms with E-state index in [2.05, 4.69) is 42.4 Å². The molecule has 0 aromatic carbocycles. The summed E-state index contributed by atoms with van der Waals surface area (Å²) in [6.07, 6.45) is 0.976. The molecule has 0 atom stereocenters. The minimum absolute atomic E-state index is 0.00460. The molecule has 0 fully saturated rings. The van der Waals surface area contributed by atoms with Crippen LogP contribution in [-0.4, -0.2) is 42.8 Å². The van der Waals surface area contributed by atoms with E-state index in [1.807, 2.05) is 20.8 Å². The molecule has 0 aliphatic carbocycles. The van der Waals surface area contributed by atoms with E-state index >= 15 is 0 Å². The number of hydrogen-bond donors (Lipinski definition) is 2. The highest BCUT2D eigenvalue weighted by molar-refractivity contribution is 7.99. The number of ether oxygens (including phenoxy) is 1. The van der Waals surface area contributed by atoms with E-state index in [1.165, 1.54) is 11.8 Å². The average Bonchev–Trinajstić information content (AvgIpc) is 2.80. The van der Waals surface area contributed by atoms with Gasteiger partial charge in [0, 0.05) is 6.54 Å². The molecule has 114 valence electrons. The number of aromatic nitrogens is 6. The van der Waals surface area contributed by atoms with Gasteiger partial charge in [-0.25, -0.2) is 4.98 Å². The molecule has 0 unspecified atom stereocenters. The maximum Gasteiger partial charge on any atom is 0.322 e. The molecule has 2 aromatic heterocycles. The molecule has 0 spiro atoms. The van der Waals surface area contributed by atoms with Crippen molar-refractivity contribution in [1.82, 2.24) is 30.1 Å². The first kappa shape index (κ1) is 15.5. The van der Waals surface area contributed by atoms with E-state index in [9.17, 15) is 0 Å². The molecule has 2 rings (SSSR count). The van der Waals surface area contributed by atoms with Gasteiger partial charge in [-0.2, -0.15) is 15.0 Å². The number of hydrogen-bond acceptors (Lipinski definition) is 8. The molecular formula is C12H19N7OS. The summed E-state index contributed by atoms with van der Waals surface area (Å²) in [6, 6.07) is 0.299. The van der Waals surface area contributed by atoms with Gasteiger partial charge in [0.25, 0.3) is 0 Å². The van der Waals surface area contributed by atoms with Crippen LogP contribution in [-0.2, 0) is 0 Å². The molecule has 0 radical (unpaired) electrons. The Kier molecular flexibility index (Phi) is 5.32. The fourth-order valence-corrected chi connectivity index (χ4v) is 2.11. The van der Waals surface area contributed by atoms with E-state index in [0.717, 1.165) is 18.8 Å². The van der Waals surface area contributed by atoms with Gasteiger partial charge in [-0.15, -0.1) is 5.10 Å². The zero-order valence-corrected chi connectivity index (χ0v) is 13.4. The van der Waals surface area contributed by atoms with Crippen LogP contribution < -0.4 is 10.1 Å². The van der Waals surface area contributed by atoms with Gasteiger partial charge in [-0.3, -0.25) is 5.10 Å². The number of nitrogens with one attached hydrogen (secondary N) is 2. The van der Waals surface area contributed by atoms with E-state index in [0.29, 0.717) is 22.3 Å². The maximum atomic E-state index is 5.55. The van der Waals surface area contributed by atoms with Crippen LogP contribution in [0.3, 0.4) is 0 Å². The van der Waals surface area contributed by atoms with E-state index < -0.39 is 0 Å². The maximum absolute atomic E-state index is 5.55. The Balaban J connectivity index is 2.21. The first-order valence-electron chi connectivity index (χ1n) is 6.80. The number of rotatable bonds is 7. The minimum atomic E-state index is -0.00460. The van der Waals surface area contributed by atoms with Crippen molar-refractivity contribution < 1.29 is 4.74 Å². The van der Waals surface area contributed by atoms with Crippen LogP contribution in [0.25, 0.3) is 0 Å². The standard InChI is InChI=1S/C12H19N7OS/c1-5-6-13-9-15-10(20-7(2)3)17-11(16-9)21-12-14-8(4)18-19-12/h7H,5-6H2,1-4H3,(H,14,18,19)(H,13,15,16,17). The lowest BCUT2D eigenvalue weighted by atomic mass is 10.5. The lowest BCUT2D eigenvalue weighted by Gasteiger charge is -2.10. The largest absolute Gasteiger partial charge is 0.461 e. The third-order valence-corrected chi connectivity index (χ3v) is 2.96. The average molecular weight is 309 g/mol. The Bertz CT molecular complexity index is 587. The molecule has 0 saturated heterocycles. The predicted octanol–water partition coefficient (Wildman–Crippen LogP) is 2.06. The number of aromatic amines is 1. The highest BCUT2D eigenvalue weighted by atomic mass is 32.2. The number of H-pyrrole nitrogens is 1. The number of aryl methyl sites for hydroxylation is 1. The van der Waals surface area contributed by atoms with Crippen molar-refractivity contribution in [3.05, 3.63) is 5.82 Å². The molecule has 0 bridgehead atoms. The lowest BCUT2D eigenvalue weighted by Crippen LogP contribution is -2.12.